The van der Waals surface area contributed by atoms with Gasteiger partial charge in [0.15, 0.2) is 0 Å². The normalized spacial score (nSPS) is 27.6. The topological polar surface area (TPSA) is 78.3 Å². The quantitative estimate of drug-likeness (QED) is 0.414. The van der Waals surface area contributed by atoms with E-state index in [1.54, 1.807) is 24.8 Å². The summed E-state index contributed by atoms with van der Waals surface area (Å²) in [6, 6.07) is 0. The van der Waals surface area contributed by atoms with Crippen LogP contribution < -0.4 is 9.80 Å². The Bertz CT molecular complexity index is 912. The lowest BCUT2D eigenvalue weighted by Gasteiger charge is -2.32. The first-order valence-electron chi connectivity index (χ1n) is 14.6. The maximum Gasteiger partial charge on any atom is 0.225 e. The number of halogens is 2. The molecule has 4 aliphatic rings. The van der Waals surface area contributed by atoms with Crippen LogP contribution in [0.4, 0.5) is 11.9 Å². The van der Waals surface area contributed by atoms with Gasteiger partial charge in [-0.05, 0) is 80.5 Å². The van der Waals surface area contributed by atoms with E-state index in [-0.39, 0.29) is 0 Å². The van der Waals surface area contributed by atoms with Crippen LogP contribution in [0.3, 0.4) is 0 Å². The SMILES string of the molecule is CCCC1CC1C1CCN(c2ncc(Cl)cn2)CC1.OCCC1CC1C1CCN(c2ncc(Cl)cn2)CC1. The van der Waals surface area contributed by atoms with Crippen molar-refractivity contribution >= 4 is 35.1 Å². The molecule has 0 amide bonds. The Morgan fingerprint density at radius 3 is 1.47 bits per heavy atom. The van der Waals surface area contributed by atoms with Gasteiger partial charge in [-0.1, -0.05) is 43.0 Å². The molecule has 4 atom stereocenters. The number of anilines is 2. The van der Waals surface area contributed by atoms with E-state index in [2.05, 4.69) is 36.7 Å². The maximum absolute atomic E-state index is 8.97. The Morgan fingerprint density at radius 1 is 0.711 bits per heavy atom. The van der Waals surface area contributed by atoms with Crippen molar-refractivity contribution in [1.29, 1.82) is 0 Å². The van der Waals surface area contributed by atoms with Crippen LogP contribution in [0.5, 0.6) is 0 Å². The molecule has 1 N–H and O–H groups in total. The summed E-state index contributed by atoms with van der Waals surface area (Å²) in [5.74, 6) is 7.12. The highest BCUT2D eigenvalue weighted by molar-refractivity contribution is 6.30. The highest BCUT2D eigenvalue weighted by Gasteiger charge is 2.43. The van der Waals surface area contributed by atoms with Crippen LogP contribution >= 0.6 is 23.2 Å². The average Bonchev–Trinajstić information content (AvgIpc) is 3.88. The number of aromatic nitrogens is 4. The molecule has 2 aliphatic carbocycles. The first kappa shape index (κ1) is 27.9. The van der Waals surface area contributed by atoms with Crippen LogP contribution in [0.2, 0.25) is 10.0 Å². The van der Waals surface area contributed by atoms with Crippen LogP contribution in [0.25, 0.3) is 0 Å². The Hall–Kier alpha value is -1.70. The van der Waals surface area contributed by atoms with Gasteiger partial charge in [-0.3, -0.25) is 0 Å². The van der Waals surface area contributed by atoms with Crippen LogP contribution in [-0.2, 0) is 0 Å². The zero-order chi connectivity index (χ0) is 26.5. The number of aliphatic hydroxyl groups excluding tert-OH is 1. The molecule has 0 radical (unpaired) electrons. The molecular weight excluding hydrogens is 519 g/mol. The molecular formula is C29H42Cl2N6O. The number of nitrogens with zero attached hydrogens (tertiary/aromatic N) is 6. The average molecular weight is 562 g/mol. The van der Waals surface area contributed by atoms with Crippen molar-refractivity contribution in [3.8, 4) is 0 Å². The van der Waals surface area contributed by atoms with Crippen molar-refractivity contribution in [3.63, 3.8) is 0 Å². The zero-order valence-electron chi connectivity index (χ0n) is 22.6. The minimum Gasteiger partial charge on any atom is -0.396 e. The molecule has 9 heteroatoms. The monoisotopic (exact) mass is 560 g/mol. The molecule has 208 valence electrons. The van der Waals surface area contributed by atoms with Crippen LogP contribution in [0, 0.1) is 35.5 Å². The highest BCUT2D eigenvalue weighted by atomic mass is 35.5. The second kappa shape index (κ2) is 13.1. The maximum atomic E-state index is 8.97. The van der Waals surface area contributed by atoms with Gasteiger partial charge in [0.05, 0.1) is 34.8 Å². The predicted octanol–water partition coefficient (Wildman–Crippen LogP) is 6.15. The second-order valence-corrected chi connectivity index (χ2v) is 12.5. The molecule has 2 aromatic rings. The van der Waals surface area contributed by atoms with E-state index in [0.29, 0.717) is 16.7 Å². The molecule has 0 aromatic carbocycles. The number of hydrogen-bond donors (Lipinski definition) is 1. The van der Waals surface area contributed by atoms with Crippen molar-refractivity contribution in [2.75, 3.05) is 42.6 Å². The molecule has 2 saturated heterocycles. The van der Waals surface area contributed by atoms with E-state index in [1.165, 1.54) is 51.4 Å². The van der Waals surface area contributed by atoms with Crippen LogP contribution in [0.15, 0.2) is 24.8 Å². The third kappa shape index (κ3) is 7.28. The molecule has 6 rings (SSSR count). The lowest BCUT2D eigenvalue weighted by atomic mass is 9.90. The molecule has 4 heterocycles. The lowest BCUT2D eigenvalue weighted by Crippen LogP contribution is -2.35. The fourth-order valence-electron chi connectivity index (χ4n) is 6.89. The van der Waals surface area contributed by atoms with Crippen molar-refractivity contribution in [3.05, 3.63) is 34.8 Å². The Kier molecular flexibility index (Phi) is 9.60. The number of rotatable bonds is 8. The summed E-state index contributed by atoms with van der Waals surface area (Å²) in [5, 5.41) is 10.2. The minimum atomic E-state index is 0.346. The number of aliphatic hydroxyl groups is 1. The Labute approximate surface area is 237 Å². The Balaban J connectivity index is 0.000000155. The third-order valence-corrected chi connectivity index (χ3v) is 9.57. The van der Waals surface area contributed by atoms with Gasteiger partial charge >= 0.3 is 0 Å². The zero-order valence-corrected chi connectivity index (χ0v) is 24.1. The van der Waals surface area contributed by atoms with Gasteiger partial charge in [0.2, 0.25) is 11.9 Å². The van der Waals surface area contributed by atoms with Crippen LogP contribution in [-0.4, -0.2) is 57.8 Å². The molecule has 0 bridgehead atoms. The third-order valence-electron chi connectivity index (χ3n) is 9.18. The smallest absolute Gasteiger partial charge is 0.225 e. The van der Waals surface area contributed by atoms with E-state index in [0.717, 1.165) is 80.0 Å². The van der Waals surface area contributed by atoms with Crippen molar-refractivity contribution in [2.24, 2.45) is 35.5 Å². The van der Waals surface area contributed by atoms with Crippen molar-refractivity contribution in [2.45, 2.75) is 64.7 Å². The van der Waals surface area contributed by atoms with Crippen LogP contribution in [0.1, 0.15) is 64.7 Å². The summed E-state index contributed by atoms with van der Waals surface area (Å²) in [6.45, 7) is 6.92. The summed E-state index contributed by atoms with van der Waals surface area (Å²) in [7, 11) is 0. The van der Waals surface area contributed by atoms with Gasteiger partial charge in [-0.15, -0.1) is 0 Å². The summed E-state index contributed by atoms with van der Waals surface area (Å²) in [4.78, 5) is 21.7. The van der Waals surface area contributed by atoms with Crippen molar-refractivity contribution < 1.29 is 5.11 Å². The van der Waals surface area contributed by atoms with Crippen molar-refractivity contribution in [1.82, 2.24) is 19.9 Å². The van der Waals surface area contributed by atoms with Gasteiger partial charge in [0.1, 0.15) is 0 Å². The second-order valence-electron chi connectivity index (χ2n) is 11.7. The minimum absolute atomic E-state index is 0.346. The largest absolute Gasteiger partial charge is 0.396 e. The highest BCUT2D eigenvalue weighted by Crippen LogP contribution is 2.51. The molecule has 4 unspecified atom stereocenters. The van der Waals surface area contributed by atoms with Gasteiger partial charge in [0.25, 0.3) is 0 Å². The predicted molar refractivity (Wildman–Crippen MR) is 154 cm³/mol. The fraction of sp³-hybridized carbons (Fsp3) is 0.724. The fourth-order valence-corrected chi connectivity index (χ4v) is 7.09. The lowest BCUT2D eigenvalue weighted by molar-refractivity contribution is 0.266. The standard InChI is InChI=1S/C15H22ClN3.C14H20ClN3O/c1-2-3-12-8-14(12)11-4-6-19(7-5-11)15-17-9-13(16)10-18-15;15-12-8-16-14(17-9-12)18-4-1-10(2-5-18)13-7-11(13)3-6-19/h9-12,14H,2-8H2,1H3;8-11,13,19H,1-7H2. The van der Waals surface area contributed by atoms with Gasteiger partial charge < -0.3 is 14.9 Å². The van der Waals surface area contributed by atoms with E-state index in [9.17, 15) is 0 Å². The molecule has 2 aromatic heterocycles. The molecule has 2 saturated carbocycles. The molecule has 7 nitrogen and oxygen atoms in total. The van der Waals surface area contributed by atoms with E-state index < -0.39 is 0 Å². The number of piperidine rings is 2. The molecule has 38 heavy (non-hydrogen) atoms. The Morgan fingerprint density at radius 2 is 1.11 bits per heavy atom. The molecule has 2 aliphatic heterocycles. The van der Waals surface area contributed by atoms with E-state index in [4.69, 9.17) is 28.3 Å². The molecule has 4 fully saturated rings. The summed E-state index contributed by atoms with van der Waals surface area (Å²) in [5.41, 5.74) is 0. The first-order valence-corrected chi connectivity index (χ1v) is 15.4. The summed E-state index contributed by atoms with van der Waals surface area (Å²) >= 11 is 11.6. The first-order chi connectivity index (χ1) is 18.6. The van der Waals surface area contributed by atoms with Gasteiger partial charge in [-0.25, -0.2) is 19.9 Å². The summed E-state index contributed by atoms with van der Waals surface area (Å²) < 4.78 is 0. The van der Waals surface area contributed by atoms with Gasteiger partial charge in [-0.2, -0.15) is 0 Å². The van der Waals surface area contributed by atoms with Gasteiger partial charge in [0, 0.05) is 32.8 Å². The molecule has 0 spiro atoms. The van der Waals surface area contributed by atoms with E-state index in [1.807, 2.05) is 0 Å². The summed E-state index contributed by atoms with van der Waals surface area (Å²) in [6.07, 6.45) is 18.3. The van der Waals surface area contributed by atoms with E-state index >= 15 is 0 Å². The number of hydrogen-bond acceptors (Lipinski definition) is 7.